The van der Waals surface area contributed by atoms with E-state index in [2.05, 4.69) is 15.2 Å². The van der Waals surface area contributed by atoms with Gasteiger partial charge in [0.05, 0.1) is 35.2 Å². The van der Waals surface area contributed by atoms with Gasteiger partial charge in [-0.2, -0.15) is 0 Å². The van der Waals surface area contributed by atoms with Crippen LogP contribution in [0.1, 0.15) is 10.4 Å². The van der Waals surface area contributed by atoms with E-state index in [1.165, 1.54) is 6.07 Å². The van der Waals surface area contributed by atoms with E-state index < -0.39 is 0 Å². The summed E-state index contributed by atoms with van der Waals surface area (Å²) >= 11 is 6.42. The zero-order chi connectivity index (χ0) is 18.8. The number of hydrogen-bond donors (Lipinski definition) is 2. The molecule has 0 aliphatic carbocycles. The number of fused-ring (bicyclic) bond motifs is 1. The van der Waals surface area contributed by atoms with Gasteiger partial charge in [-0.15, -0.1) is 0 Å². The van der Waals surface area contributed by atoms with Crippen molar-refractivity contribution in [2.24, 2.45) is 0 Å². The molecular formula is C20H18ClN3O3. The van der Waals surface area contributed by atoms with Crippen molar-refractivity contribution in [1.29, 1.82) is 0 Å². The minimum absolute atomic E-state index is 0.321. The molecule has 0 saturated carbocycles. The molecule has 0 bridgehead atoms. The van der Waals surface area contributed by atoms with Gasteiger partial charge in [-0.3, -0.25) is 9.59 Å². The maximum absolute atomic E-state index is 13.0. The highest BCUT2D eigenvalue weighted by atomic mass is 35.5. The lowest BCUT2D eigenvalue weighted by molar-refractivity contribution is 0.102. The minimum Gasteiger partial charge on any atom is -0.378 e. The molecule has 1 fully saturated rings. The largest absolute Gasteiger partial charge is 0.378 e. The molecule has 0 spiro atoms. The van der Waals surface area contributed by atoms with Crippen LogP contribution in [0, 0.1) is 0 Å². The summed E-state index contributed by atoms with van der Waals surface area (Å²) < 4.78 is 5.40. The van der Waals surface area contributed by atoms with Crippen molar-refractivity contribution in [3.63, 3.8) is 0 Å². The Labute approximate surface area is 160 Å². The average Bonchev–Trinajstić information content (AvgIpc) is 2.68. The maximum Gasteiger partial charge on any atom is 0.256 e. The number of carbonyl (C=O) groups excluding carboxylic acids is 1. The quantitative estimate of drug-likeness (QED) is 0.728. The number of nitrogens with one attached hydrogen (secondary N) is 2. The van der Waals surface area contributed by atoms with E-state index in [-0.39, 0.29) is 11.5 Å². The molecule has 138 valence electrons. The monoisotopic (exact) mass is 383 g/mol. The van der Waals surface area contributed by atoms with Gasteiger partial charge in [0.15, 0.2) is 0 Å². The molecule has 2 heterocycles. The number of aromatic nitrogens is 1. The van der Waals surface area contributed by atoms with Crippen molar-refractivity contribution in [2.45, 2.75) is 0 Å². The van der Waals surface area contributed by atoms with Crippen LogP contribution in [0.4, 0.5) is 11.4 Å². The first-order chi connectivity index (χ1) is 13.1. The highest BCUT2D eigenvalue weighted by Gasteiger charge is 2.20. The van der Waals surface area contributed by atoms with Gasteiger partial charge in [0, 0.05) is 30.1 Å². The molecule has 4 rings (SSSR count). The molecule has 1 aliphatic rings. The lowest BCUT2D eigenvalue weighted by atomic mass is 10.1. The van der Waals surface area contributed by atoms with Gasteiger partial charge < -0.3 is 19.9 Å². The summed E-state index contributed by atoms with van der Waals surface area (Å²) in [7, 11) is 0. The second-order valence-corrected chi connectivity index (χ2v) is 6.69. The van der Waals surface area contributed by atoms with E-state index in [4.69, 9.17) is 16.3 Å². The second-order valence-electron chi connectivity index (χ2n) is 6.28. The number of benzene rings is 2. The predicted octanol–water partition coefficient (Wildman–Crippen LogP) is 3.27. The summed E-state index contributed by atoms with van der Waals surface area (Å²) in [4.78, 5) is 29.8. The van der Waals surface area contributed by atoms with Crippen LogP contribution >= 0.6 is 11.6 Å². The molecule has 1 amide bonds. The zero-order valence-corrected chi connectivity index (χ0v) is 15.3. The number of para-hydroxylation sites is 2. The van der Waals surface area contributed by atoms with Crippen molar-refractivity contribution in [3.8, 4) is 0 Å². The number of nitrogens with zero attached hydrogens (tertiary/aromatic N) is 1. The Bertz CT molecular complexity index is 1060. The van der Waals surface area contributed by atoms with Crippen LogP contribution in [-0.2, 0) is 4.74 Å². The first kappa shape index (κ1) is 17.6. The summed E-state index contributed by atoms with van der Waals surface area (Å²) in [5.41, 5.74) is 2.00. The van der Waals surface area contributed by atoms with Gasteiger partial charge in [-0.05, 0) is 18.2 Å². The lowest BCUT2D eigenvalue weighted by Crippen LogP contribution is -2.37. The van der Waals surface area contributed by atoms with Crippen LogP contribution < -0.4 is 15.8 Å². The molecule has 1 saturated heterocycles. The molecule has 0 atom stereocenters. The maximum atomic E-state index is 13.0. The van der Waals surface area contributed by atoms with Gasteiger partial charge in [0.2, 0.25) is 5.56 Å². The zero-order valence-electron chi connectivity index (χ0n) is 14.5. The van der Waals surface area contributed by atoms with Crippen LogP contribution in [0.3, 0.4) is 0 Å². The van der Waals surface area contributed by atoms with Crippen molar-refractivity contribution < 1.29 is 9.53 Å². The van der Waals surface area contributed by atoms with E-state index in [0.717, 1.165) is 5.69 Å². The first-order valence-corrected chi connectivity index (χ1v) is 9.06. The number of aromatic amines is 1. The van der Waals surface area contributed by atoms with E-state index in [1.807, 2.05) is 18.2 Å². The Morgan fingerprint density at radius 1 is 1.11 bits per heavy atom. The fourth-order valence-corrected chi connectivity index (χ4v) is 3.60. The lowest BCUT2D eigenvalue weighted by Gasteiger charge is -2.31. The smallest absolute Gasteiger partial charge is 0.256 e. The fraction of sp³-hybridized carbons (Fsp3) is 0.200. The van der Waals surface area contributed by atoms with Crippen molar-refractivity contribution in [2.75, 3.05) is 36.5 Å². The minimum atomic E-state index is -0.353. The van der Waals surface area contributed by atoms with Gasteiger partial charge >= 0.3 is 0 Å². The van der Waals surface area contributed by atoms with Crippen LogP contribution in [0.2, 0.25) is 5.02 Å². The molecule has 1 aliphatic heterocycles. The number of halogens is 1. The molecule has 6 nitrogen and oxygen atoms in total. The van der Waals surface area contributed by atoms with Gasteiger partial charge in [0.25, 0.3) is 5.91 Å². The van der Waals surface area contributed by atoms with Crippen LogP contribution in [0.15, 0.2) is 53.3 Å². The summed E-state index contributed by atoms with van der Waals surface area (Å²) in [6.45, 7) is 2.61. The van der Waals surface area contributed by atoms with Crippen molar-refractivity contribution >= 4 is 39.8 Å². The summed E-state index contributed by atoms with van der Waals surface area (Å²) in [6, 6.07) is 13.9. The number of morpholine rings is 1. The van der Waals surface area contributed by atoms with Crippen LogP contribution in [0.25, 0.3) is 10.9 Å². The standard InChI is InChI=1S/C20H18ClN3O3/c21-15-5-3-7-17(19(15)24-8-10-27-11-9-24)23-20(26)14-12-18(25)22-16-6-2-1-4-13(14)16/h1-7,12H,8-11H2,(H,22,25)(H,23,26). The Balaban J connectivity index is 1.72. The van der Waals surface area contributed by atoms with Gasteiger partial charge in [-0.1, -0.05) is 35.9 Å². The van der Waals surface area contributed by atoms with Gasteiger partial charge in [-0.25, -0.2) is 0 Å². The molecule has 0 unspecified atom stereocenters. The van der Waals surface area contributed by atoms with E-state index in [9.17, 15) is 9.59 Å². The number of rotatable bonds is 3. The normalized spacial score (nSPS) is 14.3. The Morgan fingerprint density at radius 3 is 2.70 bits per heavy atom. The number of hydrogen-bond acceptors (Lipinski definition) is 4. The number of anilines is 2. The third-order valence-electron chi connectivity index (χ3n) is 4.56. The fourth-order valence-electron chi connectivity index (χ4n) is 3.31. The summed E-state index contributed by atoms with van der Waals surface area (Å²) in [5, 5.41) is 4.17. The third-order valence-corrected chi connectivity index (χ3v) is 4.86. The average molecular weight is 384 g/mol. The number of pyridine rings is 1. The number of amides is 1. The highest BCUT2D eigenvalue weighted by molar-refractivity contribution is 6.34. The molecular weight excluding hydrogens is 366 g/mol. The van der Waals surface area contributed by atoms with Crippen molar-refractivity contribution in [1.82, 2.24) is 4.98 Å². The van der Waals surface area contributed by atoms with E-state index in [0.29, 0.717) is 53.5 Å². The third kappa shape index (κ3) is 3.54. The molecule has 1 aromatic heterocycles. The Hall–Kier alpha value is -2.83. The molecule has 2 aromatic carbocycles. The Kier molecular flexibility index (Phi) is 4.83. The molecule has 0 radical (unpaired) electrons. The second kappa shape index (κ2) is 7.42. The Morgan fingerprint density at radius 2 is 1.89 bits per heavy atom. The molecule has 27 heavy (non-hydrogen) atoms. The number of H-pyrrole nitrogens is 1. The molecule has 3 aromatic rings. The topological polar surface area (TPSA) is 74.4 Å². The predicted molar refractivity (Wildman–Crippen MR) is 107 cm³/mol. The van der Waals surface area contributed by atoms with E-state index in [1.54, 1.807) is 24.3 Å². The first-order valence-electron chi connectivity index (χ1n) is 8.68. The van der Waals surface area contributed by atoms with Crippen LogP contribution in [0.5, 0.6) is 0 Å². The molecule has 7 heteroatoms. The van der Waals surface area contributed by atoms with Crippen LogP contribution in [-0.4, -0.2) is 37.2 Å². The highest BCUT2D eigenvalue weighted by Crippen LogP contribution is 2.34. The summed E-state index contributed by atoms with van der Waals surface area (Å²) in [6.07, 6.45) is 0. The van der Waals surface area contributed by atoms with Gasteiger partial charge in [0.1, 0.15) is 0 Å². The van der Waals surface area contributed by atoms with E-state index >= 15 is 0 Å². The SMILES string of the molecule is O=C(Nc1cccc(Cl)c1N1CCOCC1)c1cc(=O)[nH]c2ccccc12. The number of ether oxygens (including phenoxy) is 1. The number of carbonyl (C=O) groups is 1. The summed E-state index contributed by atoms with van der Waals surface area (Å²) in [5.74, 6) is -0.353. The van der Waals surface area contributed by atoms with Crippen molar-refractivity contribution in [3.05, 3.63) is 69.5 Å². The molecule has 2 N–H and O–H groups in total.